The summed E-state index contributed by atoms with van der Waals surface area (Å²) >= 11 is 3.32. The van der Waals surface area contributed by atoms with Gasteiger partial charge in [-0.1, -0.05) is 15.9 Å². The number of ether oxygens (including phenoxy) is 3. The monoisotopic (exact) mass is 325 g/mol. The van der Waals surface area contributed by atoms with Crippen LogP contribution in [0.4, 0.5) is 0 Å². The lowest BCUT2D eigenvalue weighted by Gasteiger charge is -2.22. The predicted molar refractivity (Wildman–Crippen MR) is 73.9 cm³/mol. The van der Waals surface area contributed by atoms with Crippen LogP contribution in [0.15, 0.2) is 22.7 Å². The number of benzene rings is 1. The van der Waals surface area contributed by atoms with Crippen molar-refractivity contribution in [1.29, 1.82) is 5.26 Å². The zero-order valence-corrected chi connectivity index (χ0v) is 12.2. The van der Waals surface area contributed by atoms with Gasteiger partial charge in [-0.15, -0.1) is 0 Å². The van der Waals surface area contributed by atoms with Crippen LogP contribution < -0.4 is 4.74 Å². The Kier molecular flexibility index (Phi) is 5.64. The van der Waals surface area contributed by atoms with Gasteiger partial charge in [0.15, 0.2) is 6.29 Å². The quantitative estimate of drug-likeness (QED) is 0.780. The second-order valence-corrected chi connectivity index (χ2v) is 5.18. The number of nitrogens with zero attached hydrogens (tertiary/aromatic N) is 1. The van der Waals surface area contributed by atoms with Crippen LogP contribution in [-0.2, 0) is 9.47 Å². The summed E-state index contributed by atoms with van der Waals surface area (Å²) in [5, 5.41) is 9.00. The summed E-state index contributed by atoms with van der Waals surface area (Å²) in [6.07, 6.45) is 3.11. The highest BCUT2D eigenvalue weighted by atomic mass is 79.9. The van der Waals surface area contributed by atoms with Crippen molar-refractivity contribution in [3.05, 3.63) is 28.2 Å². The highest BCUT2D eigenvalue weighted by molar-refractivity contribution is 9.10. The summed E-state index contributed by atoms with van der Waals surface area (Å²) in [5.41, 5.74) is 0.517. The summed E-state index contributed by atoms with van der Waals surface area (Å²) < 4.78 is 17.4. The summed E-state index contributed by atoms with van der Waals surface area (Å²) in [5.74, 6) is 0.582. The molecule has 1 fully saturated rings. The molecule has 1 heterocycles. The van der Waals surface area contributed by atoms with Crippen molar-refractivity contribution in [2.24, 2.45) is 0 Å². The second kappa shape index (κ2) is 7.49. The Hall–Kier alpha value is -1.09. The van der Waals surface area contributed by atoms with Crippen LogP contribution in [0.25, 0.3) is 0 Å². The predicted octanol–water partition coefficient (Wildman–Crippen LogP) is 3.24. The molecular formula is C14H16BrNO3. The fourth-order valence-electron chi connectivity index (χ4n) is 1.89. The molecule has 4 nitrogen and oxygen atoms in total. The minimum Gasteiger partial charge on any atom is -0.490 e. The van der Waals surface area contributed by atoms with E-state index in [1.165, 1.54) is 0 Å². The van der Waals surface area contributed by atoms with E-state index in [1.807, 2.05) is 6.07 Å². The van der Waals surface area contributed by atoms with E-state index in [4.69, 9.17) is 19.5 Å². The van der Waals surface area contributed by atoms with Gasteiger partial charge in [0.2, 0.25) is 0 Å². The van der Waals surface area contributed by atoms with Gasteiger partial charge in [-0.3, -0.25) is 0 Å². The van der Waals surface area contributed by atoms with Crippen LogP contribution in [0.3, 0.4) is 0 Å². The van der Waals surface area contributed by atoms with E-state index in [0.29, 0.717) is 24.5 Å². The number of hydrogen-bond acceptors (Lipinski definition) is 4. The van der Waals surface area contributed by atoms with Crippen LogP contribution >= 0.6 is 15.9 Å². The molecule has 1 saturated heterocycles. The zero-order chi connectivity index (χ0) is 13.5. The van der Waals surface area contributed by atoms with E-state index in [9.17, 15) is 0 Å². The number of rotatable bonds is 5. The molecule has 5 heteroatoms. The first kappa shape index (κ1) is 14.3. The first-order valence-electron chi connectivity index (χ1n) is 6.35. The maximum Gasteiger partial charge on any atom is 0.157 e. The molecular weight excluding hydrogens is 310 g/mol. The molecule has 0 aromatic heterocycles. The van der Waals surface area contributed by atoms with E-state index >= 15 is 0 Å². The van der Waals surface area contributed by atoms with Crippen molar-refractivity contribution in [2.45, 2.75) is 25.6 Å². The van der Waals surface area contributed by atoms with E-state index in [1.54, 1.807) is 12.1 Å². The second-order valence-electron chi connectivity index (χ2n) is 4.27. The molecule has 0 radical (unpaired) electrons. The van der Waals surface area contributed by atoms with Gasteiger partial charge < -0.3 is 14.2 Å². The lowest BCUT2D eigenvalue weighted by Crippen LogP contribution is -2.24. The Bertz CT molecular complexity index is 452. The van der Waals surface area contributed by atoms with Gasteiger partial charge in [0.25, 0.3) is 0 Å². The topological polar surface area (TPSA) is 51.5 Å². The van der Waals surface area contributed by atoms with E-state index < -0.39 is 0 Å². The highest BCUT2D eigenvalue weighted by Gasteiger charge is 2.13. The molecule has 1 aromatic rings. The molecule has 1 aliphatic rings. The average molecular weight is 326 g/mol. The van der Waals surface area contributed by atoms with Gasteiger partial charge in [-0.25, -0.2) is 0 Å². The fourth-order valence-corrected chi connectivity index (χ4v) is 2.25. The maximum absolute atomic E-state index is 9.00. The van der Waals surface area contributed by atoms with Crippen molar-refractivity contribution in [2.75, 3.05) is 19.8 Å². The van der Waals surface area contributed by atoms with Crippen molar-refractivity contribution >= 4 is 15.9 Å². The summed E-state index contributed by atoms with van der Waals surface area (Å²) in [4.78, 5) is 0. The van der Waals surface area contributed by atoms with Gasteiger partial charge in [0.1, 0.15) is 18.4 Å². The SMILES string of the molecule is N#Cc1cc(Br)ccc1OCCOC1CCCCO1. The number of halogens is 1. The Morgan fingerprint density at radius 3 is 3.00 bits per heavy atom. The van der Waals surface area contributed by atoms with Crippen molar-refractivity contribution in [3.63, 3.8) is 0 Å². The van der Waals surface area contributed by atoms with E-state index in [0.717, 1.165) is 30.3 Å². The molecule has 2 rings (SSSR count). The van der Waals surface area contributed by atoms with Crippen molar-refractivity contribution < 1.29 is 14.2 Å². The van der Waals surface area contributed by atoms with Gasteiger partial charge in [-0.05, 0) is 37.5 Å². The molecule has 1 aliphatic heterocycles. The number of hydrogen-bond donors (Lipinski definition) is 0. The van der Waals surface area contributed by atoms with E-state index in [2.05, 4.69) is 22.0 Å². The molecule has 102 valence electrons. The summed E-state index contributed by atoms with van der Waals surface area (Å²) in [7, 11) is 0. The lowest BCUT2D eigenvalue weighted by atomic mass is 10.2. The molecule has 0 spiro atoms. The van der Waals surface area contributed by atoms with Gasteiger partial charge in [0, 0.05) is 11.1 Å². The third-order valence-corrected chi connectivity index (χ3v) is 3.34. The standard InChI is InChI=1S/C14H16BrNO3/c15-12-4-5-13(11(9-12)10-16)17-7-8-19-14-3-1-2-6-18-14/h4-5,9,14H,1-3,6-8H2. The summed E-state index contributed by atoms with van der Waals surface area (Å²) in [6.45, 7) is 1.65. The normalized spacial score (nSPS) is 18.8. The summed E-state index contributed by atoms with van der Waals surface area (Å²) in [6, 6.07) is 7.47. The molecule has 0 saturated carbocycles. The fraction of sp³-hybridized carbons (Fsp3) is 0.500. The molecule has 0 amide bonds. The first-order valence-corrected chi connectivity index (χ1v) is 7.14. The maximum atomic E-state index is 9.00. The first-order chi connectivity index (χ1) is 9.29. The van der Waals surface area contributed by atoms with Crippen LogP contribution in [0.2, 0.25) is 0 Å². The van der Waals surface area contributed by atoms with E-state index in [-0.39, 0.29) is 6.29 Å². The minimum absolute atomic E-state index is 0.0993. The highest BCUT2D eigenvalue weighted by Crippen LogP contribution is 2.22. The van der Waals surface area contributed by atoms with Crippen LogP contribution in [0.1, 0.15) is 24.8 Å². The Balaban J connectivity index is 1.75. The molecule has 1 aromatic carbocycles. The Morgan fingerprint density at radius 2 is 2.26 bits per heavy atom. The molecule has 19 heavy (non-hydrogen) atoms. The van der Waals surface area contributed by atoms with Crippen molar-refractivity contribution in [1.82, 2.24) is 0 Å². The van der Waals surface area contributed by atoms with Gasteiger partial charge >= 0.3 is 0 Å². The molecule has 1 atom stereocenters. The third-order valence-electron chi connectivity index (χ3n) is 2.84. The Labute approximate surface area is 121 Å². The van der Waals surface area contributed by atoms with Crippen LogP contribution in [0.5, 0.6) is 5.75 Å². The Morgan fingerprint density at radius 1 is 1.37 bits per heavy atom. The van der Waals surface area contributed by atoms with Crippen molar-refractivity contribution in [3.8, 4) is 11.8 Å². The minimum atomic E-state index is -0.0993. The average Bonchev–Trinajstić information content (AvgIpc) is 2.46. The molecule has 0 N–H and O–H groups in total. The number of nitriles is 1. The molecule has 1 unspecified atom stereocenters. The van der Waals surface area contributed by atoms with Crippen LogP contribution in [-0.4, -0.2) is 26.1 Å². The lowest BCUT2D eigenvalue weighted by molar-refractivity contribution is -0.165. The largest absolute Gasteiger partial charge is 0.490 e. The third kappa shape index (κ3) is 4.50. The molecule has 0 aliphatic carbocycles. The van der Waals surface area contributed by atoms with Crippen LogP contribution in [0, 0.1) is 11.3 Å². The smallest absolute Gasteiger partial charge is 0.157 e. The van der Waals surface area contributed by atoms with Gasteiger partial charge in [0.05, 0.1) is 12.2 Å². The molecule has 0 bridgehead atoms. The zero-order valence-electron chi connectivity index (χ0n) is 10.6. The van der Waals surface area contributed by atoms with Gasteiger partial charge in [-0.2, -0.15) is 5.26 Å².